The first kappa shape index (κ1) is 14.2. The third-order valence-electron chi connectivity index (χ3n) is 2.88. The van der Waals surface area contributed by atoms with Gasteiger partial charge in [0, 0.05) is 10.4 Å². The van der Waals surface area contributed by atoms with Gasteiger partial charge in [0.15, 0.2) is 5.82 Å². The van der Waals surface area contributed by atoms with Gasteiger partial charge in [-0.05, 0) is 30.3 Å². The van der Waals surface area contributed by atoms with Crippen LogP contribution in [0.4, 0.5) is 5.82 Å². The minimum atomic E-state index is -3.88. The first-order chi connectivity index (χ1) is 9.97. The van der Waals surface area contributed by atoms with Gasteiger partial charge in [0.2, 0.25) is 0 Å². The monoisotopic (exact) mass is 341 g/mol. The molecule has 0 bridgehead atoms. The maximum absolute atomic E-state index is 12.4. The van der Waals surface area contributed by atoms with Crippen LogP contribution in [0, 0.1) is 0 Å². The highest BCUT2D eigenvalue weighted by Gasteiger charge is 2.20. The van der Waals surface area contributed by atoms with Crippen molar-refractivity contribution in [2.75, 3.05) is 4.72 Å². The summed E-state index contributed by atoms with van der Waals surface area (Å²) in [5.74, 6) is 0.210. The normalized spacial score (nSPS) is 11.7. The number of halogens is 2. The second-order valence-corrected chi connectivity index (χ2v) is 6.79. The van der Waals surface area contributed by atoms with Crippen LogP contribution < -0.4 is 4.72 Å². The number of aromatic amines is 1. The largest absolute Gasteiger partial charge is 0.276 e. The van der Waals surface area contributed by atoms with Crippen molar-refractivity contribution in [3.8, 4) is 0 Å². The van der Waals surface area contributed by atoms with E-state index in [1.54, 1.807) is 18.2 Å². The highest BCUT2D eigenvalue weighted by molar-refractivity contribution is 7.92. The molecule has 1 heterocycles. The Hall–Kier alpha value is -1.76. The molecule has 0 amide bonds. The lowest BCUT2D eigenvalue weighted by molar-refractivity contribution is 0.601. The van der Waals surface area contributed by atoms with E-state index >= 15 is 0 Å². The van der Waals surface area contributed by atoms with Gasteiger partial charge >= 0.3 is 0 Å². The Balaban J connectivity index is 2.05. The van der Waals surface area contributed by atoms with Gasteiger partial charge in [0.05, 0.1) is 10.5 Å². The number of rotatable bonds is 3. The van der Waals surface area contributed by atoms with Crippen molar-refractivity contribution in [2.45, 2.75) is 4.90 Å². The molecule has 0 saturated heterocycles. The van der Waals surface area contributed by atoms with Crippen LogP contribution in [0.3, 0.4) is 0 Å². The van der Waals surface area contributed by atoms with Crippen LogP contribution in [-0.4, -0.2) is 18.6 Å². The summed E-state index contributed by atoms with van der Waals surface area (Å²) < 4.78 is 27.2. The average molecular weight is 342 g/mol. The predicted octanol–water partition coefficient (Wildman–Crippen LogP) is 3.67. The van der Waals surface area contributed by atoms with Crippen molar-refractivity contribution in [1.82, 2.24) is 10.2 Å². The molecule has 0 saturated carbocycles. The molecule has 0 unspecified atom stereocenters. The van der Waals surface area contributed by atoms with Crippen LogP contribution in [0.5, 0.6) is 0 Å². The van der Waals surface area contributed by atoms with E-state index < -0.39 is 10.0 Å². The Kier molecular flexibility index (Phi) is 3.52. The zero-order valence-electron chi connectivity index (χ0n) is 10.5. The Labute approximate surface area is 130 Å². The molecule has 21 heavy (non-hydrogen) atoms. The van der Waals surface area contributed by atoms with E-state index in [9.17, 15) is 8.42 Å². The molecular weight excluding hydrogens is 333 g/mol. The van der Waals surface area contributed by atoms with E-state index in [4.69, 9.17) is 23.2 Å². The van der Waals surface area contributed by atoms with Gasteiger partial charge in [-0.25, -0.2) is 8.42 Å². The summed E-state index contributed by atoms with van der Waals surface area (Å²) in [7, 11) is -3.88. The smallest absolute Gasteiger partial charge is 0.264 e. The van der Waals surface area contributed by atoms with Crippen molar-refractivity contribution < 1.29 is 8.42 Å². The molecule has 1 aromatic heterocycles. The molecule has 5 nitrogen and oxygen atoms in total. The van der Waals surface area contributed by atoms with Crippen LogP contribution in [-0.2, 0) is 10.0 Å². The summed E-state index contributed by atoms with van der Waals surface area (Å²) in [6.45, 7) is 0. The lowest BCUT2D eigenvalue weighted by Gasteiger charge is -2.08. The summed E-state index contributed by atoms with van der Waals surface area (Å²) in [5.41, 5.74) is 0.729. The average Bonchev–Trinajstić information content (AvgIpc) is 2.84. The van der Waals surface area contributed by atoms with E-state index in [0.29, 0.717) is 5.39 Å². The van der Waals surface area contributed by atoms with Gasteiger partial charge in [-0.3, -0.25) is 9.82 Å². The molecule has 0 aliphatic heterocycles. The molecule has 0 aliphatic carbocycles. The first-order valence-electron chi connectivity index (χ1n) is 5.88. The molecule has 108 valence electrons. The molecule has 0 fully saturated rings. The lowest BCUT2D eigenvalue weighted by Crippen LogP contribution is -2.14. The van der Waals surface area contributed by atoms with Crippen LogP contribution in [0.1, 0.15) is 0 Å². The molecule has 3 aromatic rings. The maximum atomic E-state index is 12.4. The van der Waals surface area contributed by atoms with Crippen LogP contribution >= 0.6 is 23.2 Å². The third kappa shape index (κ3) is 2.70. The Morgan fingerprint density at radius 1 is 1.10 bits per heavy atom. The number of H-pyrrole nitrogens is 1. The molecule has 0 radical (unpaired) electrons. The number of hydrogen-bond acceptors (Lipinski definition) is 3. The number of aromatic nitrogens is 2. The summed E-state index contributed by atoms with van der Waals surface area (Å²) >= 11 is 11.8. The summed E-state index contributed by atoms with van der Waals surface area (Å²) in [5, 5.41) is 7.76. The van der Waals surface area contributed by atoms with Crippen molar-refractivity contribution in [1.29, 1.82) is 0 Å². The van der Waals surface area contributed by atoms with Crippen molar-refractivity contribution in [3.63, 3.8) is 0 Å². The zero-order chi connectivity index (χ0) is 15.0. The van der Waals surface area contributed by atoms with Gasteiger partial charge in [0.25, 0.3) is 10.0 Å². The number of nitrogens with one attached hydrogen (secondary N) is 2. The summed E-state index contributed by atoms with van der Waals surface area (Å²) in [6.07, 6.45) is 0. The highest BCUT2D eigenvalue weighted by Crippen LogP contribution is 2.28. The van der Waals surface area contributed by atoms with Gasteiger partial charge in [0.1, 0.15) is 4.90 Å². The predicted molar refractivity (Wildman–Crippen MR) is 83.4 cm³/mol. The van der Waals surface area contributed by atoms with Gasteiger partial charge in [-0.15, -0.1) is 0 Å². The summed E-state index contributed by atoms with van der Waals surface area (Å²) in [4.78, 5) is -0.0938. The molecular formula is C13H9Cl2N3O2S. The van der Waals surface area contributed by atoms with E-state index in [2.05, 4.69) is 14.9 Å². The lowest BCUT2D eigenvalue weighted by atomic mass is 10.2. The molecule has 2 aromatic carbocycles. The minimum absolute atomic E-state index is 0.0896. The quantitative estimate of drug-likeness (QED) is 0.763. The number of nitrogens with zero attached hydrogens (tertiary/aromatic N) is 1. The second-order valence-electron chi connectivity index (χ2n) is 4.30. The second kappa shape index (κ2) is 5.22. The fourth-order valence-corrected chi connectivity index (χ4v) is 3.69. The number of hydrogen-bond donors (Lipinski definition) is 2. The molecule has 2 N–H and O–H groups in total. The number of para-hydroxylation sites is 1. The van der Waals surface area contributed by atoms with Gasteiger partial charge < -0.3 is 0 Å². The molecule has 3 rings (SSSR count). The standard InChI is InChI=1S/C13H9Cl2N3O2S/c14-8-5-6-10(15)12(7-8)21(19,20)18-13-9-3-1-2-4-11(9)16-17-13/h1-7H,(H2,16,17,18). The first-order valence-corrected chi connectivity index (χ1v) is 8.12. The Morgan fingerprint density at radius 3 is 2.67 bits per heavy atom. The zero-order valence-corrected chi connectivity index (χ0v) is 12.8. The van der Waals surface area contributed by atoms with Crippen molar-refractivity contribution in [2.24, 2.45) is 0 Å². The number of anilines is 1. The number of benzene rings is 2. The van der Waals surface area contributed by atoms with E-state index in [-0.39, 0.29) is 20.8 Å². The van der Waals surface area contributed by atoms with Gasteiger partial charge in [-0.2, -0.15) is 5.10 Å². The number of fused-ring (bicyclic) bond motifs is 1. The Bertz CT molecular complexity index is 922. The fraction of sp³-hybridized carbons (Fsp3) is 0. The Morgan fingerprint density at radius 2 is 1.86 bits per heavy atom. The van der Waals surface area contributed by atoms with E-state index in [0.717, 1.165) is 5.52 Å². The van der Waals surface area contributed by atoms with Crippen molar-refractivity contribution in [3.05, 3.63) is 52.5 Å². The van der Waals surface area contributed by atoms with E-state index in [1.807, 2.05) is 6.07 Å². The molecule has 8 heteroatoms. The molecule has 0 aliphatic rings. The highest BCUT2D eigenvalue weighted by atomic mass is 35.5. The van der Waals surface area contributed by atoms with Gasteiger partial charge in [-0.1, -0.05) is 35.3 Å². The SMILES string of the molecule is O=S(=O)(Nc1n[nH]c2ccccc12)c1cc(Cl)ccc1Cl. The number of sulfonamides is 1. The summed E-state index contributed by atoms with van der Waals surface area (Å²) in [6, 6.07) is 11.4. The fourth-order valence-electron chi connectivity index (χ4n) is 1.91. The van der Waals surface area contributed by atoms with Crippen molar-refractivity contribution >= 4 is 49.9 Å². The topological polar surface area (TPSA) is 74.8 Å². The van der Waals surface area contributed by atoms with Crippen LogP contribution in [0.2, 0.25) is 10.0 Å². The molecule has 0 atom stereocenters. The molecule has 0 spiro atoms. The maximum Gasteiger partial charge on any atom is 0.264 e. The third-order valence-corrected chi connectivity index (χ3v) is 4.94. The minimum Gasteiger partial charge on any atom is -0.276 e. The van der Waals surface area contributed by atoms with E-state index in [1.165, 1.54) is 18.2 Å². The van der Waals surface area contributed by atoms with Crippen LogP contribution in [0.15, 0.2) is 47.4 Å². The van der Waals surface area contributed by atoms with Crippen LogP contribution in [0.25, 0.3) is 10.9 Å².